The van der Waals surface area contributed by atoms with Crippen LogP contribution in [0.2, 0.25) is 0 Å². The maximum absolute atomic E-state index is 4.40. The van der Waals surface area contributed by atoms with Gasteiger partial charge in [-0.2, -0.15) is 16.9 Å². The van der Waals surface area contributed by atoms with E-state index in [1.165, 1.54) is 30.6 Å². The number of hydrogen-bond acceptors (Lipinski definition) is 3. The first-order chi connectivity index (χ1) is 8.54. The van der Waals surface area contributed by atoms with Gasteiger partial charge in [0.05, 0.1) is 11.7 Å². The van der Waals surface area contributed by atoms with E-state index in [-0.39, 0.29) is 5.54 Å². The Bertz CT molecular complexity index is 328. The van der Waals surface area contributed by atoms with Crippen molar-refractivity contribution in [2.24, 2.45) is 0 Å². The van der Waals surface area contributed by atoms with Crippen molar-refractivity contribution in [2.45, 2.75) is 52.1 Å². The second kappa shape index (κ2) is 7.85. The number of nitrogens with one attached hydrogen (secondary N) is 1. The topological polar surface area (TPSA) is 29.9 Å². The molecule has 18 heavy (non-hydrogen) atoms. The normalized spacial score (nSPS) is 12.0. The molecule has 4 heteroatoms. The molecule has 0 fully saturated rings. The second-order valence-electron chi connectivity index (χ2n) is 5.69. The minimum Gasteiger partial charge on any atom is -0.313 e. The van der Waals surface area contributed by atoms with Gasteiger partial charge in [-0.3, -0.25) is 4.68 Å². The molecule has 1 aromatic heterocycles. The molecule has 104 valence electrons. The summed E-state index contributed by atoms with van der Waals surface area (Å²) in [7, 11) is 0. The van der Waals surface area contributed by atoms with Gasteiger partial charge >= 0.3 is 0 Å². The molecule has 0 radical (unpaired) electrons. The Morgan fingerprint density at radius 3 is 2.67 bits per heavy atom. The van der Waals surface area contributed by atoms with Gasteiger partial charge in [-0.25, -0.2) is 0 Å². The number of hydrogen-bond donors (Lipinski definition) is 1. The summed E-state index contributed by atoms with van der Waals surface area (Å²) < 4.78 is 2.03. The first kappa shape index (κ1) is 15.6. The summed E-state index contributed by atoms with van der Waals surface area (Å²) in [5.41, 5.74) is 1.35. The molecule has 0 spiro atoms. The van der Waals surface area contributed by atoms with E-state index in [1.807, 2.05) is 22.6 Å². The standard InChI is InChI=1S/C14H27N3S/c1-14(2,3)17-12-13(11-16-17)10-15-8-6-5-7-9-18-4/h11-12,15H,5-10H2,1-4H3. The van der Waals surface area contributed by atoms with Gasteiger partial charge in [0.2, 0.25) is 0 Å². The Morgan fingerprint density at radius 2 is 2.06 bits per heavy atom. The van der Waals surface area contributed by atoms with Crippen LogP contribution in [0.3, 0.4) is 0 Å². The molecule has 0 aromatic carbocycles. The summed E-state index contributed by atoms with van der Waals surface area (Å²) in [5.74, 6) is 1.29. The van der Waals surface area contributed by atoms with Crippen LogP contribution in [-0.4, -0.2) is 28.3 Å². The maximum Gasteiger partial charge on any atom is 0.0543 e. The zero-order valence-corrected chi connectivity index (χ0v) is 13.0. The fourth-order valence-electron chi connectivity index (χ4n) is 1.72. The zero-order valence-electron chi connectivity index (χ0n) is 12.2. The number of aromatic nitrogens is 2. The van der Waals surface area contributed by atoms with Crippen LogP contribution in [0.15, 0.2) is 12.4 Å². The highest BCUT2D eigenvalue weighted by Crippen LogP contribution is 2.12. The summed E-state index contributed by atoms with van der Waals surface area (Å²) >= 11 is 1.94. The van der Waals surface area contributed by atoms with E-state index in [9.17, 15) is 0 Å². The van der Waals surface area contributed by atoms with Crippen LogP contribution >= 0.6 is 11.8 Å². The summed E-state index contributed by atoms with van der Waals surface area (Å²) in [5, 5.41) is 7.88. The molecule has 0 unspecified atom stereocenters. The van der Waals surface area contributed by atoms with Crippen molar-refractivity contribution in [3.8, 4) is 0 Å². The molecule has 0 bridgehead atoms. The summed E-state index contributed by atoms with van der Waals surface area (Å²) in [6.07, 6.45) is 10.2. The summed E-state index contributed by atoms with van der Waals surface area (Å²) in [4.78, 5) is 0. The van der Waals surface area contributed by atoms with Crippen molar-refractivity contribution in [3.05, 3.63) is 18.0 Å². The van der Waals surface area contributed by atoms with Crippen molar-refractivity contribution >= 4 is 11.8 Å². The lowest BCUT2D eigenvalue weighted by molar-refractivity contribution is 0.355. The molecule has 3 nitrogen and oxygen atoms in total. The molecular weight excluding hydrogens is 242 g/mol. The van der Waals surface area contributed by atoms with Crippen molar-refractivity contribution < 1.29 is 0 Å². The number of nitrogens with zero attached hydrogens (tertiary/aromatic N) is 2. The third-order valence-electron chi connectivity index (χ3n) is 2.85. The van der Waals surface area contributed by atoms with Crippen molar-refractivity contribution in [1.29, 1.82) is 0 Å². The van der Waals surface area contributed by atoms with Crippen LogP contribution in [0.1, 0.15) is 45.6 Å². The fraction of sp³-hybridized carbons (Fsp3) is 0.786. The first-order valence-corrected chi connectivity index (χ1v) is 8.17. The van der Waals surface area contributed by atoms with Crippen LogP contribution in [0.25, 0.3) is 0 Å². The lowest BCUT2D eigenvalue weighted by atomic mass is 10.1. The largest absolute Gasteiger partial charge is 0.313 e. The molecule has 0 saturated heterocycles. The molecule has 1 N–H and O–H groups in total. The quantitative estimate of drug-likeness (QED) is 0.735. The van der Waals surface area contributed by atoms with Gasteiger partial charge in [0, 0.05) is 18.3 Å². The lowest BCUT2D eigenvalue weighted by Crippen LogP contribution is -2.22. The summed E-state index contributed by atoms with van der Waals surface area (Å²) in [6, 6.07) is 0. The van der Waals surface area contributed by atoms with Crippen LogP contribution in [-0.2, 0) is 12.1 Å². The maximum atomic E-state index is 4.40. The van der Waals surface area contributed by atoms with Gasteiger partial charge in [0.1, 0.15) is 0 Å². The van der Waals surface area contributed by atoms with E-state index in [0.717, 1.165) is 13.1 Å². The van der Waals surface area contributed by atoms with Gasteiger partial charge in [-0.15, -0.1) is 0 Å². The van der Waals surface area contributed by atoms with Crippen molar-refractivity contribution in [1.82, 2.24) is 15.1 Å². The van der Waals surface area contributed by atoms with Gasteiger partial charge in [-0.05, 0) is 52.2 Å². The predicted molar refractivity (Wildman–Crippen MR) is 81.2 cm³/mol. The Labute approximate surface area is 116 Å². The van der Waals surface area contributed by atoms with Gasteiger partial charge in [0.15, 0.2) is 0 Å². The van der Waals surface area contributed by atoms with Crippen molar-refractivity contribution in [2.75, 3.05) is 18.6 Å². The molecule has 0 amide bonds. The average molecular weight is 269 g/mol. The molecule has 0 saturated carbocycles. The third-order valence-corrected chi connectivity index (χ3v) is 3.55. The fourth-order valence-corrected chi connectivity index (χ4v) is 2.22. The highest BCUT2D eigenvalue weighted by Gasteiger charge is 2.13. The van der Waals surface area contributed by atoms with Crippen LogP contribution in [0.5, 0.6) is 0 Å². The lowest BCUT2D eigenvalue weighted by Gasteiger charge is -2.18. The molecule has 0 aliphatic rings. The monoisotopic (exact) mass is 269 g/mol. The molecular formula is C14H27N3S. The molecule has 0 atom stereocenters. The van der Waals surface area contributed by atoms with Crippen molar-refractivity contribution in [3.63, 3.8) is 0 Å². The molecule has 1 aromatic rings. The number of thioether (sulfide) groups is 1. The highest BCUT2D eigenvalue weighted by molar-refractivity contribution is 7.98. The van der Waals surface area contributed by atoms with Gasteiger partial charge in [0.25, 0.3) is 0 Å². The first-order valence-electron chi connectivity index (χ1n) is 6.77. The van der Waals surface area contributed by atoms with Crippen LogP contribution < -0.4 is 5.32 Å². The SMILES string of the molecule is CSCCCCCNCc1cnn(C(C)(C)C)c1. The van der Waals surface area contributed by atoms with E-state index in [0.29, 0.717) is 0 Å². The zero-order chi connectivity index (χ0) is 13.4. The van der Waals surface area contributed by atoms with Gasteiger partial charge in [-0.1, -0.05) is 6.42 Å². The molecule has 0 aliphatic heterocycles. The smallest absolute Gasteiger partial charge is 0.0543 e. The molecule has 0 aliphatic carbocycles. The molecule has 1 rings (SSSR count). The Balaban J connectivity index is 2.14. The minimum absolute atomic E-state index is 0.0794. The minimum atomic E-state index is 0.0794. The van der Waals surface area contributed by atoms with E-state index >= 15 is 0 Å². The molecule has 1 heterocycles. The second-order valence-corrected chi connectivity index (χ2v) is 6.68. The van der Waals surface area contributed by atoms with E-state index in [1.54, 1.807) is 0 Å². The summed E-state index contributed by atoms with van der Waals surface area (Å²) in [6.45, 7) is 8.54. The third kappa shape index (κ3) is 5.91. The van der Waals surface area contributed by atoms with Crippen LogP contribution in [0, 0.1) is 0 Å². The number of unbranched alkanes of at least 4 members (excludes halogenated alkanes) is 2. The van der Waals surface area contributed by atoms with Gasteiger partial charge < -0.3 is 5.32 Å². The van der Waals surface area contributed by atoms with E-state index in [2.05, 4.69) is 43.6 Å². The predicted octanol–water partition coefficient (Wildman–Crippen LogP) is 3.26. The number of rotatable bonds is 8. The van der Waals surface area contributed by atoms with E-state index < -0.39 is 0 Å². The Kier molecular flexibility index (Phi) is 6.79. The Hall–Kier alpha value is -0.480. The Morgan fingerprint density at radius 1 is 1.28 bits per heavy atom. The van der Waals surface area contributed by atoms with Crippen LogP contribution in [0.4, 0.5) is 0 Å². The average Bonchev–Trinajstić information content (AvgIpc) is 2.76. The van der Waals surface area contributed by atoms with E-state index in [4.69, 9.17) is 0 Å². The highest BCUT2D eigenvalue weighted by atomic mass is 32.2.